The molecule has 2 aromatic rings. The molecule has 0 bridgehead atoms. The molecule has 0 radical (unpaired) electrons. The number of benzene rings is 2. The average molecular weight is 382 g/mol. The van der Waals surface area contributed by atoms with Crippen molar-refractivity contribution in [3.63, 3.8) is 0 Å². The summed E-state index contributed by atoms with van der Waals surface area (Å²) in [5, 5.41) is 5.86. The van der Waals surface area contributed by atoms with Crippen molar-refractivity contribution in [1.82, 2.24) is 10.6 Å². The second-order valence-electron chi connectivity index (χ2n) is 7.29. The van der Waals surface area contributed by atoms with Gasteiger partial charge in [-0.3, -0.25) is 9.59 Å². The SMILES string of the molecule is CC(NC(=O)C(NC(=O)Cc1ccccc1)C(C)C)c1ccc2c(c1)OCO2. The minimum Gasteiger partial charge on any atom is -0.454 e. The molecule has 0 aliphatic carbocycles. The smallest absolute Gasteiger partial charge is 0.243 e. The van der Waals surface area contributed by atoms with E-state index in [0.717, 1.165) is 11.1 Å². The van der Waals surface area contributed by atoms with Crippen LogP contribution >= 0.6 is 0 Å². The first kappa shape index (κ1) is 19.7. The molecule has 2 atom stereocenters. The fourth-order valence-corrected chi connectivity index (χ4v) is 3.11. The molecule has 28 heavy (non-hydrogen) atoms. The topological polar surface area (TPSA) is 76.7 Å². The van der Waals surface area contributed by atoms with Gasteiger partial charge in [-0.25, -0.2) is 0 Å². The number of rotatable bonds is 7. The number of amides is 2. The van der Waals surface area contributed by atoms with Crippen molar-refractivity contribution in [1.29, 1.82) is 0 Å². The van der Waals surface area contributed by atoms with Gasteiger partial charge in [-0.2, -0.15) is 0 Å². The van der Waals surface area contributed by atoms with E-state index in [1.807, 2.05) is 69.3 Å². The molecule has 1 heterocycles. The van der Waals surface area contributed by atoms with Gasteiger partial charge in [-0.15, -0.1) is 0 Å². The van der Waals surface area contributed by atoms with Gasteiger partial charge in [0.15, 0.2) is 11.5 Å². The van der Waals surface area contributed by atoms with Crippen LogP contribution < -0.4 is 20.1 Å². The molecule has 1 aliphatic rings. The van der Waals surface area contributed by atoms with E-state index in [2.05, 4.69) is 10.6 Å². The zero-order valence-electron chi connectivity index (χ0n) is 16.4. The highest BCUT2D eigenvalue weighted by molar-refractivity contribution is 5.88. The van der Waals surface area contributed by atoms with Gasteiger partial charge in [0.05, 0.1) is 12.5 Å². The highest BCUT2D eigenvalue weighted by Crippen LogP contribution is 2.34. The first-order chi connectivity index (χ1) is 13.4. The van der Waals surface area contributed by atoms with E-state index in [9.17, 15) is 9.59 Å². The highest BCUT2D eigenvalue weighted by Gasteiger charge is 2.26. The highest BCUT2D eigenvalue weighted by atomic mass is 16.7. The number of hydrogen-bond acceptors (Lipinski definition) is 4. The molecular weight excluding hydrogens is 356 g/mol. The fourth-order valence-electron chi connectivity index (χ4n) is 3.11. The van der Waals surface area contributed by atoms with Crippen LogP contribution in [0.3, 0.4) is 0 Å². The van der Waals surface area contributed by atoms with Crippen molar-refractivity contribution in [2.75, 3.05) is 6.79 Å². The van der Waals surface area contributed by atoms with E-state index >= 15 is 0 Å². The van der Waals surface area contributed by atoms with Gasteiger partial charge in [-0.1, -0.05) is 50.2 Å². The van der Waals surface area contributed by atoms with Gasteiger partial charge in [0.25, 0.3) is 0 Å². The second kappa shape index (κ2) is 8.78. The Balaban J connectivity index is 1.61. The number of hydrogen-bond donors (Lipinski definition) is 2. The molecule has 0 saturated carbocycles. The van der Waals surface area contributed by atoms with Crippen molar-refractivity contribution >= 4 is 11.8 Å². The largest absolute Gasteiger partial charge is 0.454 e. The zero-order valence-corrected chi connectivity index (χ0v) is 16.4. The fraction of sp³-hybridized carbons (Fsp3) is 0.364. The summed E-state index contributed by atoms with van der Waals surface area (Å²) in [6, 6.07) is 14.2. The van der Waals surface area contributed by atoms with Crippen molar-refractivity contribution < 1.29 is 19.1 Å². The van der Waals surface area contributed by atoms with Gasteiger partial charge < -0.3 is 20.1 Å². The summed E-state index contributed by atoms with van der Waals surface area (Å²) in [4.78, 5) is 25.2. The number of fused-ring (bicyclic) bond motifs is 1. The molecule has 2 N–H and O–H groups in total. The maximum absolute atomic E-state index is 12.8. The summed E-state index contributed by atoms with van der Waals surface area (Å²) in [5.41, 5.74) is 1.83. The monoisotopic (exact) mass is 382 g/mol. The van der Waals surface area contributed by atoms with Gasteiger partial charge in [0.1, 0.15) is 6.04 Å². The van der Waals surface area contributed by atoms with E-state index in [1.54, 1.807) is 0 Å². The predicted molar refractivity (Wildman–Crippen MR) is 106 cm³/mol. The minimum absolute atomic E-state index is 0.0383. The van der Waals surface area contributed by atoms with Crippen molar-refractivity contribution in [3.8, 4) is 11.5 Å². The summed E-state index contributed by atoms with van der Waals surface area (Å²) >= 11 is 0. The third-order valence-electron chi connectivity index (χ3n) is 4.73. The van der Waals surface area contributed by atoms with Gasteiger partial charge >= 0.3 is 0 Å². The molecule has 2 aromatic carbocycles. The Morgan fingerprint density at radius 3 is 2.39 bits per heavy atom. The van der Waals surface area contributed by atoms with E-state index in [0.29, 0.717) is 11.5 Å². The Kier molecular flexibility index (Phi) is 6.19. The van der Waals surface area contributed by atoms with E-state index in [1.165, 1.54) is 0 Å². The normalized spacial score (nSPS) is 14.4. The first-order valence-electron chi connectivity index (χ1n) is 9.47. The van der Waals surface area contributed by atoms with E-state index in [-0.39, 0.29) is 37.0 Å². The molecule has 0 aromatic heterocycles. The lowest BCUT2D eigenvalue weighted by atomic mass is 10.0. The summed E-state index contributed by atoms with van der Waals surface area (Å²) in [6.07, 6.45) is 0.245. The number of nitrogens with one attached hydrogen (secondary N) is 2. The van der Waals surface area contributed by atoms with Crippen molar-refractivity contribution in [2.45, 2.75) is 39.3 Å². The molecular formula is C22H26N2O4. The second-order valence-corrected chi connectivity index (χ2v) is 7.29. The lowest BCUT2D eigenvalue weighted by Gasteiger charge is -2.24. The molecule has 0 saturated heterocycles. The summed E-state index contributed by atoms with van der Waals surface area (Å²) in [5.74, 6) is 0.965. The standard InChI is InChI=1S/C22H26N2O4/c1-14(2)21(24-20(25)11-16-7-5-4-6-8-16)22(26)23-15(3)17-9-10-18-19(12-17)28-13-27-18/h4-10,12,14-15,21H,11,13H2,1-3H3,(H,23,26)(H,24,25). The van der Waals surface area contributed by atoms with E-state index < -0.39 is 6.04 Å². The molecule has 148 valence electrons. The van der Waals surface area contributed by atoms with Crippen LogP contribution in [-0.2, 0) is 16.0 Å². The van der Waals surface area contributed by atoms with Gasteiger partial charge in [0, 0.05) is 0 Å². The first-order valence-corrected chi connectivity index (χ1v) is 9.47. The average Bonchev–Trinajstić information content (AvgIpc) is 3.14. The zero-order chi connectivity index (χ0) is 20.1. The summed E-state index contributed by atoms with van der Waals surface area (Å²) in [7, 11) is 0. The van der Waals surface area contributed by atoms with Crippen LogP contribution in [0.5, 0.6) is 11.5 Å². The molecule has 2 unspecified atom stereocenters. The molecule has 3 rings (SSSR count). The van der Waals surface area contributed by atoms with Crippen molar-refractivity contribution in [2.24, 2.45) is 5.92 Å². The summed E-state index contributed by atoms with van der Waals surface area (Å²) < 4.78 is 10.7. The summed E-state index contributed by atoms with van der Waals surface area (Å²) in [6.45, 7) is 5.94. The lowest BCUT2D eigenvalue weighted by molar-refractivity contribution is -0.130. The van der Waals surface area contributed by atoms with Crippen LogP contribution in [0.25, 0.3) is 0 Å². The Labute approximate surface area is 165 Å². The molecule has 1 aliphatic heterocycles. The number of carbonyl (C=O) groups excluding carboxylic acids is 2. The molecule has 2 amide bonds. The van der Waals surface area contributed by atoms with Crippen LogP contribution in [0.15, 0.2) is 48.5 Å². The maximum atomic E-state index is 12.8. The maximum Gasteiger partial charge on any atom is 0.243 e. The predicted octanol–water partition coefficient (Wildman–Crippen LogP) is 2.98. The van der Waals surface area contributed by atoms with E-state index in [4.69, 9.17) is 9.47 Å². The lowest BCUT2D eigenvalue weighted by Crippen LogP contribution is -2.50. The molecule has 6 nitrogen and oxygen atoms in total. The Morgan fingerprint density at radius 1 is 0.964 bits per heavy atom. The molecule has 0 fully saturated rings. The van der Waals surface area contributed by atoms with Crippen molar-refractivity contribution in [3.05, 3.63) is 59.7 Å². The molecule has 6 heteroatoms. The van der Waals surface area contributed by atoms with Crippen LogP contribution in [0.4, 0.5) is 0 Å². The third kappa shape index (κ3) is 4.82. The quantitative estimate of drug-likeness (QED) is 0.772. The molecule has 0 spiro atoms. The number of ether oxygens (including phenoxy) is 2. The van der Waals surface area contributed by atoms with Gasteiger partial charge in [0.2, 0.25) is 18.6 Å². The van der Waals surface area contributed by atoms with Gasteiger partial charge in [-0.05, 0) is 36.1 Å². The van der Waals surface area contributed by atoms with Crippen LogP contribution in [0.1, 0.15) is 37.9 Å². The Bertz CT molecular complexity index is 836. The Morgan fingerprint density at radius 2 is 1.68 bits per heavy atom. The van der Waals surface area contributed by atoms with Crippen LogP contribution in [0.2, 0.25) is 0 Å². The Hall–Kier alpha value is -3.02. The number of carbonyl (C=O) groups is 2. The van der Waals surface area contributed by atoms with Crippen LogP contribution in [-0.4, -0.2) is 24.6 Å². The minimum atomic E-state index is -0.604. The third-order valence-corrected chi connectivity index (χ3v) is 4.73. The van der Waals surface area contributed by atoms with Crippen LogP contribution in [0, 0.1) is 5.92 Å².